The molecule has 0 spiro atoms. The Bertz CT molecular complexity index is 583. The predicted octanol–water partition coefficient (Wildman–Crippen LogP) is 3.26. The van der Waals surface area contributed by atoms with Crippen LogP contribution in [0.5, 0.6) is 5.75 Å². The molecule has 18 heavy (non-hydrogen) atoms. The lowest BCUT2D eigenvalue weighted by atomic mass is 10.1. The highest BCUT2D eigenvalue weighted by Gasteiger charge is 1.99. The molecule has 2 aromatic carbocycles. The molecule has 2 N–H and O–H groups in total. The fraction of sp³-hybridized carbons (Fsp3) is 0. The van der Waals surface area contributed by atoms with Gasteiger partial charge < -0.3 is 10.2 Å². The number of carbonyl (C=O) groups is 1. The fourth-order valence-corrected chi connectivity index (χ4v) is 1.56. The van der Waals surface area contributed by atoms with Crippen LogP contribution in [0.15, 0.2) is 48.5 Å². The first-order chi connectivity index (χ1) is 8.65. The monoisotopic (exact) mass is 240 g/mol. The average molecular weight is 240 g/mol. The standard InChI is InChI=1S/C15H12O3/c16-14-3-1-2-12(10-14)5-4-11-6-8-13(9-7-11)15(17)18/h1-10,16H,(H,17,18)/b5-4+. The minimum absolute atomic E-state index is 0.221. The Hall–Kier alpha value is -2.55. The largest absolute Gasteiger partial charge is 0.508 e. The number of hydrogen-bond acceptors (Lipinski definition) is 2. The summed E-state index contributed by atoms with van der Waals surface area (Å²) in [7, 11) is 0. The van der Waals surface area contributed by atoms with Crippen molar-refractivity contribution in [2.45, 2.75) is 0 Å². The molecule has 2 rings (SSSR count). The Balaban J connectivity index is 2.16. The van der Waals surface area contributed by atoms with E-state index in [1.807, 2.05) is 18.2 Å². The lowest BCUT2D eigenvalue weighted by Gasteiger charge is -1.97. The van der Waals surface area contributed by atoms with Crippen molar-refractivity contribution in [2.24, 2.45) is 0 Å². The van der Waals surface area contributed by atoms with Crippen molar-refractivity contribution in [2.75, 3.05) is 0 Å². The van der Waals surface area contributed by atoms with Gasteiger partial charge in [-0.1, -0.05) is 36.4 Å². The molecule has 0 aliphatic carbocycles. The topological polar surface area (TPSA) is 57.5 Å². The van der Waals surface area contributed by atoms with E-state index in [9.17, 15) is 9.90 Å². The van der Waals surface area contributed by atoms with E-state index in [2.05, 4.69) is 0 Å². The third-order valence-electron chi connectivity index (χ3n) is 2.50. The Morgan fingerprint density at radius 1 is 0.944 bits per heavy atom. The molecular weight excluding hydrogens is 228 g/mol. The molecular formula is C15H12O3. The number of aromatic carboxylic acids is 1. The molecule has 0 fully saturated rings. The molecule has 3 nitrogen and oxygen atoms in total. The average Bonchev–Trinajstić information content (AvgIpc) is 2.37. The number of carboxylic acid groups (broad SMARTS) is 1. The number of aromatic hydroxyl groups is 1. The minimum atomic E-state index is -0.932. The lowest BCUT2D eigenvalue weighted by Crippen LogP contribution is -1.94. The highest BCUT2D eigenvalue weighted by Crippen LogP contribution is 2.14. The van der Waals surface area contributed by atoms with Gasteiger partial charge in [0, 0.05) is 0 Å². The molecule has 0 unspecified atom stereocenters. The van der Waals surface area contributed by atoms with Gasteiger partial charge >= 0.3 is 5.97 Å². The minimum Gasteiger partial charge on any atom is -0.508 e. The van der Waals surface area contributed by atoms with Gasteiger partial charge in [0.05, 0.1) is 5.56 Å². The normalized spacial score (nSPS) is 10.7. The van der Waals surface area contributed by atoms with Crippen molar-refractivity contribution in [1.29, 1.82) is 0 Å². The zero-order chi connectivity index (χ0) is 13.0. The van der Waals surface area contributed by atoms with Crippen molar-refractivity contribution in [3.05, 3.63) is 65.2 Å². The highest BCUT2D eigenvalue weighted by molar-refractivity contribution is 5.88. The summed E-state index contributed by atoms with van der Waals surface area (Å²) in [5.74, 6) is -0.711. The molecule has 0 saturated carbocycles. The zero-order valence-corrected chi connectivity index (χ0v) is 9.58. The molecule has 90 valence electrons. The van der Waals surface area contributed by atoms with Crippen molar-refractivity contribution in [3.8, 4) is 5.75 Å². The van der Waals surface area contributed by atoms with Crippen molar-refractivity contribution >= 4 is 18.1 Å². The molecule has 0 aliphatic heterocycles. The van der Waals surface area contributed by atoms with Crippen LogP contribution < -0.4 is 0 Å². The summed E-state index contributed by atoms with van der Waals surface area (Å²) in [6, 6.07) is 13.5. The smallest absolute Gasteiger partial charge is 0.335 e. The van der Waals surface area contributed by atoms with E-state index in [0.29, 0.717) is 0 Å². The Labute approximate surface area is 105 Å². The van der Waals surface area contributed by atoms with Gasteiger partial charge in [0.15, 0.2) is 0 Å². The highest BCUT2D eigenvalue weighted by atomic mass is 16.4. The van der Waals surface area contributed by atoms with Crippen LogP contribution in [0.1, 0.15) is 21.5 Å². The first-order valence-corrected chi connectivity index (χ1v) is 5.45. The van der Waals surface area contributed by atoms with Crippen LogP contribution >= 0.6 is 0 Å². The van der Waals surface area contributed by atoms with Gasteiger partial charge in [-0.25, -0.2) is 4.79 Å². The number of carboxylic acids is 1. The Morgan fingerprint density at radius 2 is 1.61 bits per heavy atom. The van der Waals surface area contributed by atoms with Crippen LogP contribution in [-0.4, -0.2) is 16.2 Å². The molecule has 0 saturated heterocycles. The molecule has 2 aromatic rings. The maximum absolute atomic E-state index is 10.7. The van der Waals surface area contributed by atoms with Crippen LogP contribution in [-0.2, 0) is 0 Å². The van der Waals surface area contributed by atoms with Crippen LogP contribution in [0.3, 0.4) is 0 Å². The second-order valence-electron chi connectivity index (χ2n) is 3.86. The van der Waals surface area contributed by atoms with Gasteiger partial charge in [-0.2, -0.15) is 0 Å². The second kappa shape index (κ2) is 5.19. The van der Waals surface area contributed by atoms with Crippen LogP contribution in [0.2, 0.25) is 0 Å². The van der Waals surface area contributed by atoms with Gasteiger partial charge in [0.2, 0.25) is 0 Å². The van der Waals surface area contributed by atoms with Gasteiger partial charge in [-0.3, -0.25) is 0 Å². The molecule has 0 aromatic heterocycles. The third kappa shape index (κ3) is 2.98. The number of phenols is 1. The first kappa shape index (κ1) is 11.9. The Kier molecular flexibility index (Phi) is 3.44. The van der Waals surface area contributed by atoms with Crippen LogP contribution in [0, 0.1) is 0 Å². The molecule has 0 aliphatic rings. The first-order valence-electron chi connectivity index (χ1n) is 5.45. The summed E-state index contributed by atoms with van der Waals surface area (Å²) in [6.45, 7) is 0. The quantitative estimate of drug-likeness (QED) is 0.809. The molecule has 0 bridgehead atoms. The molecule has 3 heteroatoms. The van der Waals surface area contributed by atoms with Crippen LogP contribution in [0.4, 0.5) is 0 Å². The maximum atomic E-state index is 10.7. The summed E-state index contributed by atoms with van der Waals surface area (Å²) >= 11 is 0. The summed E-state index contributed by atoms with van der Waals surface area (Å²) in [6.07, 6.45) is 3.72. The van der Waals surface area contributed by atoms with Crippen LogP contribution in [0.25, 0.3) is 12.2 Å². The van der Waals surface area contributed by atoms with E-state index < -0.39 is 5.97 Å². The summed E-state index contributed by atoms with van der Waals surface area (Å²) in [4.78, 5) is 10.7. The predicted molar refractivity (Wildman–Crippen MR) is 70.4 cm³/mol. The van der Waals surface area contributed by atoms with E-state index in [1.165, 1.54) is 0 Å². The van der Waals surface area contributed by atoms with Crippen molar-refractivity contribution < 1.29 is 15.0 Å². The lowest BCUT2D eigenvalue weighted by molar-refractivity contribution is 0.0697. The number of hydrogen-bond donors (Lipinski definition) is 2. The van der Waals surface area contributed by atoms with Gasteiger partial charge in [0.1, 0.15) is 5.75 Å². The summed E-state index contributed by atoms with van der Waals surface area (Å²) < 4.78 is 0. The summed E-state index contributed by atoms with van der Waals surface area (Å²) in [5.41, 5.74) is 2.06. The summed E-state index contributed by atoms with van der Waals surface area (Å²) in [5, 5.41) is 18.1. The van der Waals surface area contributed by atoms with E-state index in [4.69, 9.17) is 5.11 Å². The number of phenolic OH excluding ortho intramolecular Hbond substituents is 1. The zero-order valence-electron chi connectivity index (χ0n) is 9.58. The van der Waals surface area contributed by atoms with E-state index in [0.717, 1.165) is 11.1 Å². The second-order valence-corrected chi connectivity index (χ2v) is 3.86. The van der Waals surface area contributed by atoms with Gasteiger partial charge in [-0.15, -0.1) is 0 Å². The van der Waals surface area contributed by atoms with Crippen molar-refractivity contribution in [3.63, 3.8) is 0 Å². The Morgan fingerprint density at radius 3 is 2.22 bits per heavy atom. The van der Waals surface area contributed by atoms with Gasteiger partial charge in [0.25, 0.3) is 0 Å². The van der Waals surface area contributed by atoms with Gasteiger partial charge in [-0.05, 0) is 35.4 Å². The number of rotatable bonds is 3. The molecule has 0 atom stereocenters. The molecule has 0 amide bonds. The van der Waals surface area contributed by atoms with E-state index in [1.54, 1.807) is 42.5 Å². The van der Waals surface area contributed by atoms with Crippen molar-refractivity contribution in [1.82, 2.24) is 0 Å². The SMILES string of the molecule is O=C(O)c1ccc(/C=C/c2cccc(O)c2)cc1. The maximum Gasteiger partial charge on any atom is 0.335 e. The third-order valence-corrected chi connectivity index (χ3v) is 2.50. The fourth-order valence-electron chi connectivity index (χ4n) is 1.56. The molecule has 0 radical (unpaired) electrons. The van der Waals surface area contributed by atoms with E-state index in [-0.39, 0.29) is 11.3 Å². The van der Waals surface area contributed by atoms with E-state index >= 15 is 0 Å². The number of benzene rings is 2. The molecule has 0 heterocycles.